The first kappa shape index (κ1) is 19.6. The van der Waals surface area contributed by atoms with E-state index in [1.54, 1.807) is 6.07 Å². The van der Waals surface area contributed by atoms with E-state index in [1.807, 2.05) is 0 Å². The Labute approximate surface area is 154 Å². The highest BCUT2D eigenvalue weighted by atomic mass is 19.4. The molecule has 1 N–H and O–H groups in total. The summed E-state index contributed by atoms with van der Waals surface area (Å²) in [4.78, 5) is 27.5. The lowest BCUT2D eigenvalue weighted by atomic mass is 9.96. The van der Waals surface area contributed by atoms with E-state index in [9.17, 15) is 27.2 Å². The lowest BCUT2D eigenvalue weighted by Gasteiger charge is -2.32. The van der Waals surface area contributed by atoms with Crippen LogP contribution in [0.2, 0.25) is 0 Å². The molecule has 9 heteroatoms. The first-order valence-corrected chi connectivity index (χ1v) is 8.90. The molecule has 2 saturated heterocycles. The van der Waals surface area contributed by atoms with Gasteiger partial charge in [0.25, 0.3) is 0 Å². The Hall–Kier alpha value is -2.16. The highest BCUT2D eigenvalue weighted by Gasteiger charge is 2.38. The van der Waals surface area contributed by atoms with Crippen LogP contribution in [0.5, 0.6) is 0 Å². The van der Waals surface area contributed by atoms with Crippen LogP contribution in [0.4, 0.5) is 23.2 Å². The smallest absolute Gasteiger partial charge is 0.344 e. The quantitative estimate of drug-likeness (QED) is 0.807. The molecular weight excluding hydrogens is 366 g/mol. The molecule has 2 fully saturated rings. The second-order valence-corrected chi connectivity index (χ2v) is 6.98. The molecule has 2 amide bonds. The molecule has 0 unspecified atom stereocenters. The number of benzene rings is 1. The number of hydrogen-bond acceptors (Lipinski definition) is 3. The molecule has 3 rings (SSSR count). The van der Waals surface area contributed by atoms with E-state index in [-0.39, 0.29) is 18.8 Å². The average molecular weight is 387 g/mol. The maximum Gasteiger partial charge on any atom is 0.401 e. The van der Waals surface area contributed by atoms with Crippen molar-refractivity contribution in [2.75, 3.05) is 31.1 Å². The summed E-state index contributed by atoms with van der Waals surface area (Å²) < 4.78 is 51.6. The van der Waals surface area contributed by atoms with E-state index in [1.165, 1.54) is 28.0 Å². The van der Waals surface area contributed by atoms with Crippen LogP contribution in [0, 0.1) is 11.7 Å². The number of rotatable bonds is 4. The largest absolute Gasteiger partial charge is 0.401 e. The lowest BCUT2D eigenvalue weighted by molar-refractivity contribution is -0.152. The number of carbonyl (C=O) groups is 2. The predicted molar refractivity (Wildman–Crippen MR) is 90.5 cm³/mol. The molecule has 0 aliphatic carbocycles. The molecule has 0 aromatic heterocycles. The van der Waals surface area contributed by atoms with Crippen LogP contribution in [-0.4, -0.2) is 55.1 Å². The number of halogens is 4. The number of likely N-dealkylation sites (tertiary alicyclic amines) is 1. The molecule has 27 heavy (non-hydrogen) atoms. The summed E-state index contributed by atoms with van der Waals surface area (Å²) in [5.74, 6) is -1.93. The minimum atomic E-state index is -4.31. The van der Waals surface area contributed by atoms with Gasteiger partial charge in [-0.1, -0.05) is 12.1 Å². The van der Waals surface area contributed by atoms with E-state index in [0.717, 1.165) is 0 Å². The first-order chi connectivity index (χ1) is 12.7. The van der Waals surface area contributed by atoms with Crippen LogP contribution >= 0.6 is 0 Å². The standard InChI is InChI=1S/C18H21F4N3O2/c19-13-5-1-2-6-15(13)25-9-7-14(17(25)27)23-16(26)12-4-3-8-24(10-12)11-18(20,21)22/h1-2,5-6,12,14H,3-4,7-11H2,(H,23,26)/t12-,14+/m0/s1. The number of para-hydroxylation sites is 1. The molecule has 2 heterocycles. The van der Waals surface area contributed by atoms with Gasteiger partial charge in [0, 0.05) is 13.1 Å². The van der Waals surface area contributed by atoms with Crippen molar-refractivity contribution in [3.63, 3.8) is 0 Å². The minimum absolute atomic E-state index is 0.0171. The van der Waals surface area contributed by atoms with Crippen LogP contribution in [-0.2, 0) is 9.59 Å². The van der Waals surface area contributed by atoms with E-state index in [4.69, 9.17) is 0 Å². The summed E-state index contributed by atoms with van der Waals surface area (Å²) in [7, 11) is 0. The van der Waals surface area contributed by atoms with Crippen molar-refractivity contribution in [2.45, 2.75) is 31.5 Å². The summed E-state index contributed by atoms with van der Waals surface area (Å²) in [5.41, 5.74) is 0.160. The summed E-state index contributed by atoms with van der Waals surface area (Å²) in [5, 5.41) is 2.64. The molecule has 1 aromatic rings. The number of hydrogen-bond donors (Lipinski definition) is 1. The molecule has 2 aliphatic heterocycles. The number of anilines is 1. The maximum atomic E-state index is 13.9. The lowest BCUT2D eigenvalue weighted by Crippen LogP contribution is -2.49. The van der Waals surface area contributed by atoms with Crippen molar-refractivity contribution < 1.29 is 27.2 Å². The van der Waals surface area contributed by atoms with Crippen LogP contribution < -0.4 is 10.2 Å². The molecule has 2 atom stereocenters. The van der Waals surface area contributed by atoms with E-state index in [2.05, 4.69) is 5.32 Å². The average Bonchev–Trinajstić information content (AvgIpc) is 2.95. The van der Waals surface area contributed by atoms with Gasteiger partial charge < -0.3 is 10.2 Å². The SMILES string of the molecule is O=C(N[C@@H]1CCN(c2ccccc2F)C1=O)[C@H]1CCCN(CC(F)(F)F)C1. The Bertz CT molecular complexity index is 710. The van der Waals surface area contributed by atoms with Crippen molar-refractivity contribution in [3.05, 3.63) is 30.1 Å². The van der Waals surface area contributed by atoms with Crippen LogP contribution in [0.3, 0.4) is 0 Å². The Balaban J connectivity index is 1.58. The predicted octanol–water partition coefficient (Wildman–Crippen LogP) is 2.32. The van der Waals surface area contributed by atoms with E-state index < -0.39 is 42.3 Å². The van der Waals surface area contributed by atoms with Gasteiger partial charge in [-0.2, -0.15) is 13.2 Å². The highest BCUT2D eigenvalue weighted by Crippen LogP contribution is 2.26. The highest BCUT2D eigenvalue weighted by molar-refractivity contribution is 6.01. The third-order valence-corrected chi connectivity index (χ3v) is 4.94. The Morgan fingerprint density at radius 2 is 1.93 bits per heavy atom. The van der Waals surface area contributed by atoms with Crippen molar-refractivity contribution in [1.29, 1.82) is 0 Å². The fraction of sp³-hybridized carbons (Fsp3) is 0.556. The number of carbonyl (C=O) groups excluding carboxylic acids is 2. The van der Waals surface area contributed by atoms with Gasteiger partial charge in [-0.15, -0.1) is 0 Å². The van der Waals surface area contributed by atoms with Crippen LogP contribution in [0.25, 0.3) is 0 Å². The maximum absolute atomic E-state index is 13.9. The molecule has 148 valence electrons. The Morgan fingerprint density at radius 1 is 1.19 bits per heavy atom. The summed E-state index contributed by atoms with van der Waals surface area (Å²) in [6.07, 6.45) is -3.00. The van der Waals surface area contributed by atoms with Gasteiger partial charge in [0.1, 0.15) is 11.9 Å². The molecule has 2 aliphatic rings. The zero-order valence-electron chi connectivity index (χ0n) is 14.6. The zero-order valence-corrected chi connectivity index (χ0v) is 14.6. The molecule has 0 bridgehead atoms. The molecular formula is C18H21F4N3O2. The number of nitrogens with zero attached hydrogens (tertiary/aromatic N) is 2. The van der Waals surface area contributed by atoms with Gasteiger partial charge in [-0.05, 0) is 37.9 Å². The Morgan fingerprint density at radius 3 is 2.63 bits per heavy atom. The van der Waals surface area contributed by atoms with Gasteiger partial charge in [0.05, 0.1) is 18.2 Å². The van der Waals surface area contributed by atoms with Gasteiger partial charge in [-0.25, -0.2) is 4.39 Å². The number of piperidine rings is 1. The van der Waals surface area contributed by atoms with Crippen molar-refractivity contribution in [3.8, 4) is 0 Å². The monoisotopic (exact) mass is 387 g/mol. The van der Waals surface area contributed by atoms with Gasteiger partial charge in [-0.3, -0.25) is 14.5 Å². The first-order valence-electron chi connectivity index (χ1n) is 8.90. The molecule has 0 saturated carbocycles. The van der Waals surface area contributed by atoms with Gasteiger partial charge in [0.2, 0.25) is 11.8 Å². The number of nitrogens with one attached hydrogen (secondary N) is 1. The van der Waals surface area contributed by atoms with E-state index >= 15 is 0 Å². The summed E-state index contributed by atoms with van der Waals surface area (Å²) >= 11 is 0. The van der Waals surface area contributed by atoms with Gasteiger partial charge in [0.15, 0.2) is 0 Å². The fourth-order valence-corrected chi connectivity index (χ4v) is 3.68. The Kier molecular flexibility index (Phi) is 5.69. The third-order valence-electron chi connectivity index (χ3n) is 4.94. The van der Waals surface area contributed by atoms with Crippen LogP contribution in [0.1, 0.15) is 19.3 Å². The molecule has 0 radical (unpaired) electrons. The van der Waals surface area contributed by atoms with Gasteiger partial charge >= 0.3 is 6.18 Å². The molecule has 1 aromatic carbocycles. The number of amides is 2. The molecule has 0 spiro atoms. The van der Waals surface area contributed by atoms with Crippen molar-refractivity contribution in [1.82, 2.24) is 10.2 Å². The van der Waals surface area contributed by atoms with E-state index in [0.29, 0.717) is 25.8 Å². The third kappa shape index (κ3) is 4.77. The second-order valence-electron chi connectivity index (χ2n) is 6.98. The normalized spacial score (nSPS) is 24.3. The van der Waals surface area contributed by atoms with Crippen molar-refractivity contribution >= 4 is 17.5 Å². The molecule has 5 nitrogen and oxygen atoms in total. The topological polar surface area (TPSA) is 52.7 Å². The second kappa shape index (κ2) is 7.84. The summed E-state index contributed by atoms with van der Waals surface area (Å²) in [6.45, 7) is -0.453. The van der Waals surface area contributed by atoms with Crippen LogP contribution in [0.15, 0.2) is 24.3 Å². The number of alkyl halides is 3. The van der Waals surface area contributed by atoms with Crippen molar-refractivity contribution in [2.24, 2.45) is 5.92 Å². The summed E-state index contributed by atoms with van der Waals surface area (Å²) in [6, 6.07) is 5.11. The zero-order chi connectivity index (χ0) is 19.6. The minimum Gasteiger partial charge on any atom is -0.344 e. The fourth-order valence-electron chi connectivity index (χ4n) is 3.68.